The van der Waals surface area contributed by atoms with Gasteiger partial charge in [0.15, 0.2) is 11.7 Å². The fourth-order valence-corrected chi connectivity index (χ4v) is 4.82. The largest absolute Gasteiger partial charge is 0.508 e. The monoisotopic (exact) mass is 578 g/mol. The number of aliphatic hydroxyl groups excluding tert-OH is 6. The minimum absolute atomic E-state index is 0.0117. The molecular formula is C27H30O14. The van der Waals surface area contributed by atoms with Crippen LogP contribution < -0.4 is 10.2 Å². The number of ether oxygens (including phenoxy) is 4. The summed E-state index contributed by atoms with van der Waals surface area (Å²) in [6.07, 6.45) is -15.5. The molecule has 3 aromatic rings. The van der Waals surface area contributed by atoms with E-state index in [0.717, 1.165) is 6.07 Å². The standard InChI is InChI=1S/C27H30O14/c1-10-20(32)22(34)23(35)26(37-10)41-25-21(33)18(9-28)40-27(24(25)36)39-17-7-13(30)6-16-19(17)14(31)8-15(38-16)11-2-4-12(29)5-3-11/h2-8,10,18,20-30,32-36H,9H2,1H3. The van der Waals surface area contributed by atoms with Crippen LogP contribution in [-0.4, -0.2) is 109 Å². The van der Waals surface area contributed by atoms with Gasteiger partial charge >= 0.3 is 0 Å². The molecule has 0 saturated carbocycles. The maximum atomic E-state index is 13.2. The summed E-state index contributed by atoms with van der Waals surface area (Å²) in [4.78, 5) is 13.2. The number of phenolic OH excluding ortho intramolecular Hbond substituents is 2. The van der Waals surface area contributed by atoms with Crippen LogP contribution in [0, 0.1) is 0 Å². The van der Waals surface area contributed by atoms with Crippen LogP contribution in [0.2, 0.25) is 0 Å². The van der Waals surface area contributed by atoms with E-state index in [-0.39, 0.29) is 34.0 Å². The van der Waals surface area contributed by atoms with Gasteiger partial charge in [-0.3, -0.25) is 4.79 Å². The van der Waals surface area contributed by atoms with Gasteiger partial charge in [-0.2, -0.15) is 0 Å². The van der Waals surface area contributed by atoms with Crippen LogP contribution in [0.4, 0.5) is 0 Å². The predicted octanol–water partition coefficient (Wildman–Crippen LogP) is -1.10. The van der Waals surface area contributed by atoms with Gasteiger partial charge in [0.25, 0.3) is 0 Å². The maximum absolute atomic E-state index is 13.2. The van der Waals surface area contributed by atoms with Gasteiger partial charge in [0.1, 0.15) is 76.7 Å². The molecule has 0 amide bonds. The van der Waals surface area contributed by atoms with Gasteiger partial charge in [-0.25, -0.2) is 0 Å². The number of aliphatic hydroxyl groups is 6. The van der Waals surface area contributed by atoms with Gasteiger partial charge in [0, 0.05) is 23.8 Å². The lowest BCUT2D eigenvalue weighted by Crippen LogP contribution is -2.64. The summed E-state index contributed by atoms with van der Waals surface area (Å²) in [5.41, 5.74) is -0.188. The van der Waals surface area contributed by atoms with Gasteiger partial charge in [-0.15, -0.1) is 0 Å². The zero-order valence-corrected chi connectivity index (χ0v) is 21.5. The quantitative estimate of drug-likeness (QED) is 0.174. The fraction of sp³-hybridized carbons (Fsp3) is 0.444. The molecule has 1 aromatic heterocycles. The van der Waals surface area contributed by atoms with Crippen molar-refractivity contribution in [2.24, 2.45) is 0 Å². The van der Waals surface area contributed by atoms with Crippen LogP contribution >= 0.6 is 0 Å². The second-order valence-electron chi connectivity index (χ2n) is 9.95. The van der Waals surface area contributed by atoms with Crippen LogP contribution in [0.1, 0.15) is 6.92 Å². The van der Waals surface area contributed by atoms with Crippen molar-refractivity contribution in [1.29, 1.82) is 0 Å². The predicted molar refractivity (Wildman–Crippen MR) is 137 cm³/mol. The highest BCUT2D eigenvalue weighted by atomic mass is 16.7. The molecule has 41 heavy (non-hydrogen) atoms. The Kier molecular flexibility index (Phi) is 8.20. The summed E-state index contributed by atoms with van der Waals surface area (Å²) in [5.74, 6) is -0.478. The first-order valence-corrected chi connectivity index (χ1v) is 12.7. The van der Waals surface area contributed by atoms with E-state index < -0.39 is 73.4 Å². The molecule has 2 fully saturated rings. The number of phenols is 2. The first kappa shape index (κ1) is 29.2. The molecule has 0 radical (unpaired) electrons. The Bertz CT molecular complexity index is 1420. The number of benzene rings is 2. The van der Waals surface area contributed by atoms with E-state index in [0.29, 0.717) is 5.56 Å². The van der Waals surface area contributed by atoms with Gasteiger partial charge in [0.05, 0.1) is 12.7 Å². The van der Waals surface area contributed by atoms with Crippen molar-refractivity contribution in [2.75, 3.05) is 6.61 Å². The smallest absolute Gasteiger partial charge is 0.229 e. The highest BCUT2D eigenvalue weighted by Crippen LogP contribution is 2.35. The third kappa shape index (κ3) is 5.61. The van der Waals surface area contributed by atoms with E-state index in [2.05, 4.69) is 0 Å². The lowest BCUT2D eigenvalue weighted by molar-refractivity contribution is -0.349. The average Bonchev–Trinajstić information content (AvgIpc) is 2.93. The molecule has 3 heterocycles. The summed E-state index contributed by atoms with van der Waals surface area (Å²) in [6, 6.07) is 9.30. The van der Waals surface area contributed by atoms with E-state index in [1.54, 1.807) is 0 Å². The molecule has 0 spiro atoms. The maximum Gasteiger partial charge on any atom is 0.229 e. The van der Waals surface area contributed by atoms with Crippen LogP contribution in [0.15, 0.2) is 51.7 Å². The Morgan fingerprint density at radius 2 is 1.51 bits per heavy atom. The molecule has 8 N–H and O–H groups in total. The lowest BCUT2D eigenvalue weighted by Gasteiger charge is -2.45. The van der Waals surface area contributed by atoms with Crippen LogP contribution in [0.5, 0.6) is 17.2 Å². The number of fused-ring (bicyclic) bond motifs is 1. The summed E-state index contributed by atoms with van der Waals surface area (Å²) in [6.45, 7) is 0.666. The molecule has 2 saturated heterocycles. The molecule has 5 rings (SSSR count). The van der Waals surface area contributed by atoms with Crippen molar-refractivity contribution in [3.63, 3.8) is 0 Å². The topological polar surface area (TPSA) is 229 Å². The van der Waals surface area contributed by atoms with Crippen molar-refractivity contribution in [3.8, 4) is 28.6 Å². The second kappa shape index (κ2) is 11.5. The number of hydrogen-bond donors (Lipinski definition) is 8. The van der Waals surface area contributed by atoms with E-state index in [9.17, 15) is 45.6 Å². The highest BCUT2D eigenvalue weighted by Gasteiger charge is 2.50. The zero-order valence-electron chi connectivity index (χ0n) is 21.5. The first-order valence-electron chi connectivity index (χ1n) is 12.7. The molecule has 14 heteroatoms. The molecule has 2 aliphatic rings. The average molecular weight is 579 g/mol. The van der Waals surface area contributed by atoms with Gasteiger partial charge in [-0.1, -0.05) is 0 Å². The number of hydrogen-bond acceptors (Lipinski definition) is 14. The Balaban J connectivity index is 1.45. The summed E-state index contributed by atoms with van der Waals surface area (Å²) in [5, 5.41) is 81.7. The third-order valence-corrected chi connectivity index (χ3v) is 7.10. The molecule has 14 nitrogen and oxygen atoms in total. The molecule has 10 unspecified atom stereocenters. The normalized spacial score (nSPS) is 34.0. The van der Waals surface area contributed by atoms with E-state index >= 15 is 0 Å². The Morgan fingerprint density at radius 1 is 0.805 bits per heavy atom. The van der Waals surface area contributed by atoms with Gasteiger partial charge in [-0.05, 0) is 31.2 Å². The minimum Gasteiger partial charge on any atom is -0.508 e. The molecule has 10 atom stereocenters. The molecule has 0 bridgehead atoms. The summed E-state index contributed by atoms with van der Waals surface area (Å²) >= 11 is 0. The minimum atomic E-state index is -1.82. The van der Waals surface area contributed by atoms with E-state index in [1.807, 2.05) is 0 Å². The fourth-order valence-electron chi connectivity index (χ4n) is 4.82. The molecule has 0 aliphatic carbocycles. The zero-order chi connectivity index (χ0) is 29.6. The molecule has 2 aliphatic heterocycles. The number of rotatable bonds is 6. The van der Waals surface area contributed by atoms with Crippen LogP contribution in [0.3, 0.4) is 0 Å². The third-order valence-electron chi connectivity index (χ3n) is 7.10. The summed E-state index contributed by atoms with van der Waals surface area (Å²) in [7, 11) is 0. The Hall–Kier alpha value is -3.31. The van der Waals surface area contributed by atoms with Crippen molar-refractivity contribution >= 4 is 11.0 Å². The van der Waals surface area contributed by atoms with Crippen LogP contribution in [-0.2, 0) is 14.2 Å². The first-order chi connectivity index (χ1) is 19.5. The number of aromatic hydroxyl groups is 2. The molecule has 222 valence electrons. The van der Waals surface area contributed by atoms with Gasteiger partial charge in [0.2, 0.25) is 6.29 Å². The lowest BCUT2D eigenvalue weighted by atomic mass is 9.97. The SMILES string of the molecule is CC1OC(OC2C(O)C(CO)OC(Oc3cc(O)cc4oc(-c5ccc(O)cc5)cc(=O)c34)C2O)C(O)C(O)C1O. The Labute approximate surface area is 231 Å². The molecule has 2 aromatic carbocycles. The van der Waals surface area contributed by atoms with Gasteiger partial charge < -0.3 is 64.2 Å². The van der Waals surface area contributed by atoms with Crippen molar-refractivity contribution < 1.29 is 64.2 Å². The summed E-state index contributed by atoms with van der Waals surface area (Å²) < 4.78 is 28.1. The molecular weight excluding hydrogens is 548 g/mol. The van der Waals surface area contributed by atoms with Crippen LogP contribution in [0.25, 0.3) is 22.3 Å². The van der Waals surface area contributed by atoms with Crippen molar-refractivity contribution in [1.82, 2.24) is 0 Å². The van der Waals surface area contributed by atoms with E-state index in [4.69, 9.17) is 23.4 Å². The van der Waals surface area contributed by atoms with Crippen molar-refractivity contribution in [2.45, 2.75) is 68.3 Å². The van der Waals surface area contributed by atoms with Crippen molar-refractivity contribution in [3.05, 3.63) is 52.7 Å². The van der Waals surface area contributed by atoms with E-state index in [1.165, 1.54) is 43.3 Å². The Morgan fingerprint density at radius 3 is 2.20 bits per heavy atom. The highest BCUT2D eigenvalue weighted by molar-refractivity contribution is 5.86. The second-order valence-corrected chi connectivity index (χ2v) is 9.95.